The van der Waals surface area contributed by atoms with Gasteiger partial charge >= 0.3 is 11.6 Å². The summed E-state index contributed by atoms with van der Waals surface area (Å²) < 4.78 is 32.5. The van der Waals surface area contributed by atoms with E-state index in [1.54, 1.807) is 12.1 Å². The normalized spacial score (nSPS) is 10.8. The van der Waals surface area contributed by atoms with Crippen molar-refractivity contribution in [1.29, 1.82) is 0 Å². The molecule has 0 fully saturated rings. The minimum Gasteiger partial charge on any atom is -0.434 e. The van der Waals surface area contributed by atoms with Crippen LogP contribution < -0.4 is 10.1 Å². The molecule has 0 aliphatic heterocycles. The summed E-state index contributed by atoms with van der Waals surface area (Å²) in [6.07, 6.45) is 1.05. The van der Waals surface area contributed by atoms with Crippen molar-refractivity contribution < 1.29 is 18.4 Å². The molecular weight excluding hydrogens is 370 g/mol. The third-order valence-corrected chi connectivity index (χ3v) is 3.92. The first-order valence-corrected chi connectivity index (χ1v) is 8.34. The number of hydrogen-bond acceptors (Lipinski definition) is 6. The molecule has 7 nitrogen and oxygen atoms in total. The SMILES string of the molecule is CC(C)c1ccc(Oc2ncnc(Nc3ccc(F)cc3F)c2[N+](=O)[O-])cc1. The lowest BCUT2D eigenvalue weighted by molar-refractivity contribution is -0.385. The van der Waals surface area contributed by atoms with Gasteiger partial charge in [0.25, 0.3) is 0 Å². The summed E-state index contributed by atoms with van der Waals surface area (Å²) in [5, 5.41) is 14.0. The fraction of sp³-hybridized carbons (Fsp3) is 0.158. The number of aromatic nitrogens is 2. The molecule has 0 amide bonds. The minimum atomic E-state index is -0.917. The van der Waals surface area contributed by atoms with Crippen molar-refractivity contribution in [3.63, 3.8) is 0 Å². The van der Waals surface area contributed by atoms with Gasteiger partial charge < -0.3 is 10.1 Å². The summed E-state index contributed by atoms with van der Waals surface area (Å²) in [7, 11) is 0. The van der Waals surface area contributed by atoms with Gasteiger partial charge in [0.15, 0.2) is 0 Å². The number of ether oxygens (including phenoxy) is 1. The summed E-state index contributed by atoms with van der Waals surface area (Å²) in [6, 6.07) is 9.83. The van der Waals surface area contributed by atoms with Crippen LogP contribution in [0.15, 0.2) is 48.8 Å². The van der Waals surface area contributed by atoms with Crippen molar-refractivity contribution >= 4 is 17.2 Å². The first-order valence-electron chi connectivity index (χ1n) is 8.34. The van der Waals surface area contributed by atoms with Crippen molar-refractivity contribution in [3.05, 3.63) is 76.1 Å². The molecule has 2 aromatic carbocycles. The third-order valence-electron chi connectivity index (χ3n) is 3.92. The molecule has 3 rings (SSSR count). The molecule has 0 aliphatic rings. The highest BCUT2D eigenvalue weighted by atomic mass is 19.1. The Kier molecular flexibility index (Phi) is 5.44. The number of rotatable bonds is 6. The molecule has 1 N–H and O–H groups in total. The Morgan fingerprint density at radius 2 is 1.82 bits per heavy atom. The zero-order valence-corrected chi connectivity index (χ0v) is 15.0. The number of nitrogens with zero attached hydrogens (tertiary/aromatic N) is 3. The van der Waals surface area contributed by atoms with Gasteiger partial charge in [0.05, 0.1) is 10.6 Å². The molecule has 0 saturated carbocycles. The number of halogens is 2. The molecule has 0 unspecified atom stereocenters. The Bertz CT molecular complexity index is 1010. The maximum atomic E-state index is 13.9. The van der Waals surface area contributed by atoms with Crippen LogP contribution in [0.25, 0.3) is 0 Å². The largest absolute Gasteiger partial charge is 0.434 e. The Labute approximate surface area is 159 Å². The molecule has 1 aromatic heterocycles. The average Bonchev–Trinajstić information content (AvgIpc) is 2.64. The molecule has 3 aromatic rings. The second-order valence-corrected chi connectivity index (χ2v) is 6.21. The molecular formula is C19H16F2N4O3. The number of benzene rings is 2. The molecule has 144 valence electrons. The van der Waals surface area contributed by atoms with Crippen LogP contribution in [0, 0.1) is 21.7 Å². The van der Waals surface area contributed by atoms with Crippen LogP contribution in [0.3, 0.4) is 0 Å². The summed E-state index contributed by atoms with van der Waals surface area (Å²) in [4.78, 5) is 18.4. The van der Waals surface area contributed by atoms with Crippen LogP contribution in [0.4, 0.5) is 26.0 Å². The van der Waals surface area contributed by atoms with Crippen molar-refractivity contribution in [3.8, 4) is 11.6 Å². The highest BCUT2D eigenvalue weighted by Crippen LogP contribution is 2.36. The zero-order chi connectivity index (χ0) is 20.3. The molecule has 0 saturated heterocycles. The molecule has 0 atom stereocenters. The van der Waals surface area contributed by atoms with E-state index in [-0.39, 0.29) is 17.4 Å². The Balaban J connectivity index is 1.94. The van der Waals surface area contributed by atoms with E-state index in [2.05, 4.69) is 15.3 Å². The van der Waals surface area contributed by atoms with Gasteiger partial charge in [0.2, 0.25) is 5.82 Å². The van der Waals surface area contributed by atoms with E-state index < -0.39 is 22.2 Å². The predicted molar refractivity (Wildman–Crippen MR) is 98.9 cm³/mol. The smallest absolute Gasteiger partial charge is 0.373 e. The van der Waals surface area contributed by atoms with E-state index in [1.807, 2.05) is 26.0 Å². The fourth-order valence-electron chi connectivity index (χ4n) is 2.44. The van der Waals surface area contributed by atoms with E-state index >= 15 is 0 Å². The summed E-state index contributed by atoms with van der Waals surface area (Å²) in [6.45, 7) is 4.08. The topological polar surface area (TPSA) is 90.2 Å². The lowest BCUT2D eigenvalue weighted by Gasteiger charge is -2.11. The van der Waals surface area contributed by atoms with E-state index in [9.17, 15) is 18.9 Å². The van der Waals surface area contributed by atoms with Gasteiger partial charge in [-0.1, -0.05) is 26.0 Å². The standard InChI is InChI=1S/C19H16F2N4O3/c1-11(2)12-3-6-14(7-4-12)28-19-17(25(26)27)18(22-10-23-19)24-16-8-5-13(20)9-15(16)21/h3-11H,1-2H3,(H,22,23,24). The van der Waals surface area contributed by atoms with Crippen LogP contribution in [0.5, 0.6) is 11.6 Å². The second kappa shape index (κ2) is 7.95. The van der Waals surface area contributed by atoms with Crippen LogP contribution in [0.1, 0.15) is 25.3 Å². The molecule has 1 heterocycles. The number of nitrogens with one attached hydrogen (secondary N) is 1. The summed E-state index contributed by atoms with van der Waals surface area (Å²) in [5.74, 6) is -1.59. The van der Waals surface area contributed by atoms with Gasteiger partial charge in [0.1, 0.15) is 23.7 Å². The van der Waals surface area contributed by atoms with Crippen molar-refractivity contribution in [2.24, 2.45) is 0 Å². The summed E-state index contributed by atoms with van der Waals surface area (Å²) in [5.41, 5.74) is 0.341. The van der Waals surface area contributed by atoms with E-state index in [1.165, 1.54) is 0 Å². The van der Waals surface area contributed by atoms with E-state index in [4.69, 9.17) is 4.74 Å². The van der Waals surface area contributed by atoms with Crippen LogP contribution >= 0.6 is 0 Å². The molecule has 9 heteroatoms. The van der Waals surface area contributed by atoms with E-state index in [0.717, 1.165) is 24.0 Å². The Morgan fingerprint density at radius 3 is 2.43 bits per heavy atom. The van der Waals surface area contributed by atoms with Crippen molar-refractivity contribution in [2.45, 2.75) is 19.8 Å². The quantitative estimate of drug-likeness (QED) is 0.455. The van der Waals surface area contributed by atoms with E-state index in [0.29, 0.717) is 17.7 Å². The highest BCUT2D eigenvalue weighted by Gasteiger charge is 2.26. The Hall–Kier alpha value is -3.62. The number of nitro groups is 1. The van der Waals surface area contributed by atoms with Gasteiger partial charge in [-0.3, -0.25) is 10.1 Å². The van der Waals surface area contributed by atoms with Gasteiger partial charge in [-0.15, -0.1) is 0 Å². The van der Waals surface area contributed by atoms with Gasteiger partial charge in [-0.2, -0.15) is 4.98 Å². The van der Waals surface area contributed by atoms with Crippen LogP contribution in [-0.2, 0) is 0 Å². The molecule has 0 radical (unpaired) electrons. The number of hydrogen-bond donors (Lipinski definition) is 1. The molecule has 0 spiro atoms. The monoisotopic (exact) mass is 386 g/mol. The molecule has 0 aliphatic carbocycles. The molecule has 0 bridgehead atoms. The van der Waals surface area contributed by atoms with Crippen LogP contribution in [0.2, 0.25) is 0 Å². The fourth-order valence-corrected chi connectivity index (χ4v) is 2.44. The van der Waals surface area contributed by atoms with Gasteiger partial charge in [-0.25, -0.2) is 13.8 Å². The maximum Gasteiger partial charge on any atom is 0.373 e. The third kappa shape index (κ3) is 4.20. The Morgan fingerprint density at radius 1 is 1.11 bits per heavy atom. The lowest BCUT2D eigenvalue weighted by atomic mass is 10.0. The second-order valence-electron chi connectivity index (χ2n) is 6.21. The number of anilines is 2. The average molecular weight is 386 g/mol. The first kappa shape index (κ1) is 19.2. The first-order chi connectivity index (χ1) is 13.3. The zero-order valence-electron chi connectivity index (χ0n) is 15.0. The molecule has 28 heavy (non-hydrogen) atoms. The van der Waals surface area contributed by atoms with Gasteiger partial charge in [-0.05, 0) is 35.7 Å². The van der Waals surface area contributed by atoms with Crippen molar-refractivity contribution in [2.75, 3.05) is 5.32 Å². The highest BCUT2D eigenvalue weighted by molar-refractivity contribution is 5.69. The predicted octanol–water partition coefficient (Wildman–Crippen LogP) is 5.32. The maximum absolute atomic E-state index is 13.9. The summed E-state index contributed by atoms with van der Waals surface area (Å²) >= 11 is 0. The lowest BCUT2D eigenvalue weighted by Crippen LogP contribution is -2.04. The minimum absolute atomic E-state index is 0.171. The van der Waals surface area contributed by atoms with Crippen molar-refractivity contribution in [1.82, 2.24) is 9.97 Å². The van der Waals surface area contributed by atoms with Gasteiger partial charge in [0, 0.05) is 6.07 Å². The van der Waals surface area contributed by atoms with Crippen LogP contribution in [-0.4, -0.2) is 14.9 Å².